The van der Waals surface area contributed by atoms with Crippen LogP contribution < -0.4 is 0 Å². The molecule has 2 aliphatic carbocycles. The number of ketones is 1. The number of hydrogen-bond donors (Lipinski definition) is 1. The first kappa shape index (κ1) is 30.5. The number of ether oxygens (including phenoxy) is 5. The van der Waals surface area contributed by atoms with Gasteiger partial charge in [-0.2, -0.15) is 0 Å². The van der Waals surface area contributed by atoms with Crippen molar-refractivity contribution in [3.63, 3.8) is 0 Å². The number of alkyl halides is 1. The number of Topliss-reactive ketones (excluding diaryl/α,β-unsaturated/α-hetero) is 1. The highest BCUT2D eigenvalue weighted by Crippen LogP contribution is 2.64. The van der Waals surface area contributed by atoms with Gasteiger partial charge in [0.15, 0.2) is 6.10 Å². The summed E-state index contributed by atoms with van der Waals surface area (Å²) in [6.07, 6.45) is -4.08. The van der Waals surface area contributed by atoms with Crippen LogP contribution >= 0.6 is 11.6 Å². The molecule has 2 saturated heterocycles. The van der Waals surface area contributed by atoms with Crippen LogP contribution in [-0.2, 0) is 47.7 Å². The molecule has 0 aromatic rings. The molecule has 2 aliphatic heterocycles. The molecule has 11 unspecified atom stereocenters. The van der Waals surface area contributed by atoms with E-state index in [1.165, 1.54) is 34.6 Å². The fraction of sp³-hybridized carbons (Fsp3) is 0.750. The first-order valence-electron chi connectivity index (χ1n) is 13.4. The lowest BCUT2D eigenvalue weighted by Crippen LogP contribution is -2.69. The molecular formula is C28H37ClO11. The van der Waals surface area contributed by atoms with Gasteiger partial charge in [0.05, 0.1) is 29.4 Å². The molecule has 0 aromatic carbocycles. The maximum Gasteiger partial charge on any atom is 0.312 e. The Hall–Kier alpha value is -2.50. The minimum Gasteiger partial charge on any atom is -0.462 e. The van der Waals surface area contributed by atoms with Crippen LogP contribution in [0.15, 0.2) is 12.2 Å². The molecule has 2 heterocycles. The van der Waals surface area contributed by atoms with Crippen LogP contribution in [0.3, 0.4) is 0 Å². The van der Waals surface area contributed by atoms with Gasteiger partial charge >= 0.3 is 23.9 Å². The van der Waals surface area contributed by atoms with Gasteiger partial charge in [-0.1, -0.05) is 13.5 Å². The first-order valence-corrected chi connectivity index (χ1v) is 13.9. The van der Waals surface area contributed by atoms with Crippen molar-refractivity contribution in [1.82, 2.24) is 0 Å². The van der Waals surface area contributed by atoms with Crippen molar-refractivity contribution >= 4 is 41.3 Å². The third-order valence-corrected chi connectivity index (χ3v) is 9.88. The predicted octanol–water partition coefficient (Wildman–Crippen LogP) is 2.03. The van der Waals surface area contributed by atoms with Crippen LogP contribution in [0.5, 0.6) is 0 Å². The van der Waals surface area contributed by atoms with Crippen molar-refractivity contribution in [2.75, 3.05) is 6.61 Å². The lowest BCUT2D eigenvalue weighted by atomic mass is 9.49. The van der Waals surface area contributed by atoms with E-state index in [0.717, 1.165) is 0 Å². The van der Waals surface area contributed by atoms with Crippen LogP contribution in [0.25, 0.3) is 0 Å². The van der Waals surface area contributed by atoms with Crippen molar-refractivity contribution in [3.05, 3.63) is 12.2 Å². The first-order chi connectivity index (χ1) is 18.5. The Kier molecular flexibility index (Phi) is 7.92. The van der Waals surface area contributed by atoms with E-state index in [0.29, 0.717) is 12.8 Å². The van der Waals surface area contributed by atoms with Crippen molar-refractivity contribution in [2.45, 2.75) is 102 Å². The Morgan fingerprint density at radius 2 is 1.57 bits per heavy atom. The fourth-order valence-electron chi connectivity index (χ4n) is 7.48. The fourth-order valence-corrected chi connectivity index (χ4v) is 7.87. The van der Waals surface area contributed by atoms with Crippen molar-refractivity contribution in [3.8, 4) is 0 Å². The van der Waals surface area contributed by atoms with Gasteiger partial charge in [0.25, 0.3) is 0 Å². The molecule has 0 aromatic heterocycles. The third kappa shape index (κ3) is 4.73. The topological polar surface area (TPSA) is 155 Å². The number of fused-ring (bicyclic) bond motifs is 3. The number of hydrogen-bond acceptors (Lipinski definition) is 11. The van der Waals surface area contributed by atoms with Crippen LogP contribution in [0.2, 0.25) is 0 Å². The zero-order valence-corrected chi connectivity index (χ0v) is 24.3. The Morgan fingerprint density at radius 1 is 1.02 bits per heavy atom. The summed E-state index contributed by atoms with van der Waals surface area (Å²) in [5, 5.41) is 11.3. The number of halogens is 1. The van der Waals surface area contributed by atoms with Crippen LogP contribution in [0, 0.1) is 23.2 Å². The zero-order chi connectivity index (χ0) is 29.9. The monoisotopic (exact) mass is 584 g/mol. The highest BCUT2D eigenvalue weighted by molar-refractivity contribution is 6.23. The molecule has 11 nitrogen and oxygen atoms in total. The van der Waals surface area contributed by atoms with E-state index in [1.807, 2.05) is 0 Å². The Morgan fingerprint density at radius 3 is 2.08 bits per heavy atom. The predicted molar refractivity (Wildman–Crippen MR) is 138 cm³/mol. The quantitative estimate of drug-likeness (QED) is 0.170. The molecule has 1 spiro atoms. The molecule has 40 heavy (non-hydrogen) atoms. The summed E-state index contributed by atoms with van der Waals surface area (Å²) < 4.78 is 28.9. The number of rotatable bonds is 4. The van der Waals surface area contributed by atoms with Gasteiger partial charge in [-0.05, 0) is 32.3 Å². The zero-order valence-electron chi connectivity index (χ0n) is 23.6. The van der Waals surface area contributed by atoms with E-state index in [4.69, 9.17) is 35.3 Å². The molecule has 4 aliphatic rings. The number of carbonyl (C=O) groups excluding carboxylic acids is 5. The molecule has 1 N–H and O–H groups in total. The summed E-state index contributed by atoms with van der Waals surface area (Å²) in [6.45, 7) is 12.4. The largest absolute Gasteiger partial charge is 0.462 e. The summed E-state index contributed by atoms with van der Waals surface area (Å²) in [5.41, 5.74) is -4.41. The second-order valence-corrected chi connectivity index (χ2v) is 12.3. The lowest BCUT2D eigenvalue weighted by Gasteiger charge is -2.57. The van der Waals surface area contributed by atoms with Crippen LogP contribution in [-0.4, -0.2) is 82.4 Å². The highest BCUT2D eigenvalue weighted by atomic mass is 35.5. The van der Waals surface area contributed by atoms with E-state index in [1.54, 1.807) is 6.92 Å². The van der Waals surface area contributed by atoms with Crippen molar-refractivity contribution in [1.29, 1.82) is 0 Å². The summed E-state index contributed by atoms with van der Waals surface area (Å²) in [5.74, 6) is -6.63. The molecule has 0 amide bonds. The van der Waals surface area contributed by atoms with Crippen LogP contribution in [0.4, 0.5) is 0 Å². The average molecular weight is 585 g/mol. The van der Waals surface area contributed by atoms with E-state index in [2.05, 4.69) is 6.58 Å². The minimum absolute atomic E-state index is 0.0842. The summed E-state index contributed by atoms with van der Waals surface area (Å²) in [4.78, 5) is 63.8. The molecule has 2 saturated carbocycles. The summed E-state index contributed by atoms with van der Waals surface area (Å²) in [7, 11) is 0. The van der Waals surface area contributed by atoms with Gasteiger partial charge in [-0.3, -0.25) is 24.0 Å². The molecule has 222 valence electrons. The Balaban J connectivity index is 2.06. The standard InChI is InChI=1S/C28H37ClO11/c1-12-18(37-15(4)31)10-20(39-17(6)33)26(7)19(38-16(5)32)8-9-27(11-36-27)23(26)21(14(3)30)28(35)13(2)25(34)40-24(28)22(12)29/h13,18-24,35H,1,8-11H2,2-7H3. The van der Waals surface area contributed by atoms with Crippen molar-refractivity contribution < 1.29 is 52.8 Å². The molecule has 11 atom stereocenters. The van der Waals surface area contributed by atoms with Gasteiger partial charge in [0, 0.05) is 38.5 Å². The van der Waals surface area contributed by atoms with Crippen molar-refractivity contribution in [2.24, 2.45) is 23.2 Å². The van der Waals surface area contributed by atoms with Crippen LogP contribution in [0.1, 0.15) is 60.8 Å². The maximum absolute atomic E-state index is 13.7. The van der Waals surface area contributed by atoms with E-state index in [-0.39, 0.29) is 18.6 Å². The number of carbonyl (C=O) groups is 5. The Labute approximate surface area is 237 Å². The summed E-state index contributed by atoms with van der Waals surface area (Å²) in [6, 6.07) is 0. The number of epoxide rings is 1. The van der Waals surface area contributed by atoms with E-state index >= 15 is 0 Å². The van der Waals surface area contributed by atoms with Gasteiger partial charge in [0.1, 0.15) is 29.7 Å². The SMILES string of the molecule is C=C1C(OC(C)=O)CC(OC(C)=O)C2(C)C(OC(C)=O)CCC3(CO3)C2C(C(C)=O)C2(O)C(C)C(=O)OC2C1Cl. The number of aliphatic hydroxyl groups is 1. The van der Waals surface area contributed by atoms with Gasteiger partial charge in [-0.15, -0.1) is 11.6 Å². The smallest absolute Gasteiger partial charge is 0.312 e. The molecule has 0 bridgehead atoms. The normalized spacial score (nSPS) is 44.5. The second-order valence-electron chi connectivity index (χ2n) is 11.8. The molecular weight excluding hydrogens is 548 g/mol. The van der Waals surface area contributed by atoms with Gasteiger partial charge in [0.2, 0.25) is 0 Å². The molecule has 0 radical (unpaired) electrons. The molecule has 4 rings (SSSR count). The molecule has 4 fully saturated rings. The third-order valence-electron chi connectivity index (χ3n) is 9.37. The summed E-state index contributed by atoms with van der Waals surface area (Å²) >= 11 is 6.84. The number of esters is 4. The lowest BCUT2D eigenvalue weighted by molar-refractivity contribution is -0.222. The Bertz CT molecular complexity index is 1130. The van der Waals surface area contributed by atoms with E-state index in [9.17, 15) is 29.1 Å². The highest BCUT2D eigenvalue weighted by Gasteiger charge is 2.75. The van der Waals surface area contributed by atoms with Gasteiger partial charge in [-0.25, -0.2) is 0 Å². The minimum atomic E-state index is -2.17. The van der Waals surface area contributed by atoms with Gasteiger partial charge < -0.3 is 28.8 Å². The molecule has 12 heteroatoms. The second kappa shape index (κ2) is 10.4. The van der Waals surface area contributed by atoms with E-state index < -0.39 is 93.8 Å². The maximum atomic E-state index is 13.7. The average Bonchev–Trinajstić information content (AvgIpc) is 3.58.